The second-order valence-electron chi connectivity index (χ2n) is 5.03. The molecule has 5 nitrogen and oxygen atoms in total. The molecule has 110 valence electrons. The number of terminal acetylenes is 1. The maximum absolute atomic E-state index is 9.96. The number of hydrogen-bond donors (Lipinski definition) is 1. The fourth-order valence-electron chi connectivity index (χ4n) is 2.30. The van der Waals surface area contributed by atoms with E-state index in [0.717, 1.165) is 31.9 Å². The molecule has 0 spiro atoms. The summed E-state index contributed by atoms with van der Waals surface area (Å²) in [5, 5.41) is 9.96. The molecule has 0 aromatic carbocycles. The topological polar surface area (TPSA) is 49.1 Å². The van der Waals surface area contributed by atoms with Crippen molar-refractivity contribution in [1.29, 1.82) is 0 Å². The normalized spacial score (nSPS) is 18.8. The molecule has 1 saturated heterocycles. The van der Waals surface area contributed by atoms with Crippen LogP contribution in [0.3, 0.4) is 0 Å². The predicted molar refractivity (Wildman–Crippen MR) is 76.1 cm³/mol. The number of piperazine rings is 1. The minimum Gasteiger partial charge on any atom is -0.467 e. The summed E-state index contributed by atoms with van der Waals surface area (Å²) in [5.74, 6) is 3.44. The Kier molecular flexibility index (Phi) is 6.09. The standard InChI is InChI=1S/C15H22N2O3/c1-2-5-16-6-8-17(9-7-16)11-14(18)12-19-13-15-4-3-10-20-15/h1,3-4,10,14,18H,5-9,11-13H2. The van der Waals surface area contributed by atoms with Gasteiger partial charge in [0.25, 0.3) is 0 Å². The summed E-state index contributed by atoms with van der Waals surface area (Å²) in [6.45, 7) is 5.89. The van der Waals surface area contributed by atoms with Crippen LogP contribution in [0.1, 0.15) is 5.76 Å². The molecular formula is C15H22N2O3. The molecule has 1 aromatic heterocycles. The number of ether oxygens (including phenoxy) is 1. The second-order valence-corrected chi connectivity index (χ2v) is 5.03. The Balaban J connectivity index is 1.58. The van der Waals surface area contributed by atoms with Crippen LogP contribution in [0.25, 0.3) is 0 Å². The number of aliphatic hydroxyl groups excluding tert-OH is 1. The lowest BCUT2D eigenvalue weighted by molar-refractivity contribution is -0.00184. The number of nitrogens with zero attached hydrogens (tertiary/aromatic N) is 2. The Morgan fingerprint density at radius 2 is 2.10 bits per heavy atom. The lowest BCUT2D eigenvalue weighted by Crippen LogP contribution is -2.49. The van der Waals surface area contributed by atoms with Gasteiger partial charge in [-0.15, -0.1) is 6.42 Å². The summed E-state index contributed by atoms with van der Waals surface area (Å²) >= 11 is 0. The monoisotopic (exact) mass is 278 g/mol. The van der Waals surface area contributed by atoms with Gasteiger partial charge in [0.15, 0.2) is 0 Å². The van der Waals surface area contributed by atoms with Crippen molar-refractivity contribution in [1.82, 2.24) is 9.80 Å². The lowest BCUT2D eigenvalue weighted by Gasteiger charge is -2.34. The van der Waals surface area contributed by atoms with E-state index in [0.29, 0.717) is 26.3 Å². The second kappa shape index (κ2) is 8.08. The molecule has 20 heavy (non-hydrogen) atoms. The lowest BCUT2D eigenvalue weighted by atomic mass is 10.2. The van der Waals surface area contributed by atoms with Gasteiger partial charge in [-0.05, 0) is 12.1 Å². The van der Waals surface area contributed by atoms with Gasteiger partial charge in [-0.1, -0.05) is 5.92 Å². The molecule has 0 aliphatic carbocycles. The SMILES string of the molecule is C#CCN1CCN(CC(O)COCc2ccco2)CC1. The highest BCUT2D eigenvalue weighted by Crippen LogP contribution is 2.05. The van der Waals surface area contributed by atoms with Crippen molar-refractivity contribution in [3.63, 3.8) is 0 Å². The average Bonchev–Trinajstić information content (AvgIpc) is 2.94. The van der Waals surface area contributed by atoms with Crippen LogP contribution in [-0.4, -0.2) is 66.9 Å². The van der Waals surface area contributed by atoms with E-state index in [2.05, 4.69) is 15.7 Å². The van der Waals surface area contributed by atoms with Gasteiger partial charge in [-0.2, -0.15) is 0 Å². The zero-order chi connectivity index (χ0) is 14.2. The van der Waals surface area contributed by atoms with Gasteiger partial charge >= 0.3 is 0 Å². The molecule has 0 saturated carbocycles. The Morgan fingerprint density at radius 3 is 2.75 bits per heavy atom. The van der Waals surface area contributed by atoms with E-state index in [1.54, 1.807) is 6.26 Å². The van der Waals surface area contributed by atoms with E-state index >= 15 is 0 Å². The largest absolute Gasteiger partial charge is 0.467 e. The first-order chi connectivity index (χ1) is 9.78. The number of hydrogen-bond acceptors (Lipinski definition) is 5. The van der Waals surface area contributed by atoms with Gasteiger partial charge in [-0.25, -0.2) is 0 Å². The van der Waals surface area contributed by atoms with Crippen molar-refractivity contribution in [3.05, 3.63) is 24.2 Å². The maximum Gasteiger partial charge on any atom is 0.129 e. The molecule has 0 amide bonds. The summed E-state index contributed by atoms with van der Waals surface area (Å²) in [5.41, 5.74) is 0. The van der Waals surface area contributed by atoms with Gasteiger partial charge in [0.05, 0.1) is 25.5 Å². The number of β-amino-alcohol motifs (C(OH)–C–C–N with tert-alkyl or cyclic N) is 1. The summed E-state index contributed by atoms with van der Waals surface area (Å²) in [6, 6.07) is 3.68. The first kappa shape index (κ1) is 15.1. The highest BCUT2D eigenvalue weighted by atomic mass is 16.5. The Labute approximate surface area is 120 Å². The predicted octanol–water partition coefficient (Wildman–Crippen LogP) is 0.408. The van der Waals surface area contributed by atoms with E-state index in [1.165, 1.54) is 0 Å². The molecule has 1 unspecified atom stereocenters. The fourth-order valence-corrected chi connectivity index (χ4v) is 2.30. The first-order valence-corrected chi connectivity index (χ1v) is 6.94. The van der Waals surface area contributed by atoms with Crippen LogP contribution < -0.4 is 0 Å². The molecule has 0 radical (unpaired) electrons. The minimum atomic E-state index is -0.468. The third-order valence-electron chi connectivity index (χ3n) is 3.38. The average molecular weight is 278 g/mol. The van der Waals surface area contributed by atoms with E-state index in [4.69, 9.17) is 15.6 Å². The summed E-state index contributed by atoms with van der Waals surface area (Å²) in [4.78, 5) is 4.49. The zero-order valence-electron chi connectivity index (χ0n) is 11.7. The van der Waals surface area contributed by atoms with E-state index in [1.807, 2.05) is 12.1 Å². The van der Waals surface area contributed by atoms with Crippen molar-refractivity contribution in [2.75, 3.05) is 45.9 Å². The van der Waals surface area contributed by atoms with Gasteiger partial charge in [0.1, 0.15) is 12.4 Å². The first-order valence-electron chi connectivity index (χ1n) is 6.94. The number of rotatable bonds is 7. The van der Waals surface area contributed by atoms with Gasteiger partial charge in [0.2, 0.25) is 0 Å². The summed E-state index contributed by atoms with van der Waals surface area (Å²) in [6.07, 6.45) is 6.45. The molecule has 5 heteroatoms. The van der Waals surface area contributed by atoms with Crippen LogP contribution in [0.2, 0.25) is 0 Å². The molecule has 2 rings (SSSR count). The van der Waals surface area contributed by atoms with Crippen molar-refractivity contribution >= 4 is 0 Å². The summed E-state index contributed by atoms with van der Waals surface area (Å²) in [7, 11) is 0. The molecule has 1 fully saturated rings. The third kappa shape index (κ3) is 4.99. The molecule has 1 atom stereocenters. The van der Waals surface area contributed by atoms with Crippen LogP contribution >= 0.6 is 0 Å². The molecule has 1 aliphatic heterocycles. The van der Waals surface area contributed by atoms with Crippen LogP contribution in [0.5, 0.6) is 0 Å². The van der Waals surface area contributed by atoms with E-state index in [-0.39, 0.29) is 0 Å². The third-order valence-corrected chi connectivity index (χ3v) is 3.38. The maximum atomic E-state index is 9.96. The molecule has 2 heterocycles. The van der Waals surface area contributed by atoms with E-state index in [9.17, 15) is 5.11 Å². The van der Waals surface area contributed by atoms with Crippen LogP contribution in [0, 0.1) is 12.3 Å². The van der Waals surface area contributed by atoms with Crippen LogP contribution in [-0.2, 0) is 11.3 Å². The van der Waals surface area contributed by atoms with Gasteiger partial charge in [-0.3, -0.25) is 9.80 Å². The van der Waals surface area contributed by atoms with E-state index < -0.39 is 6.10 Å². The smallest absolute Gasteiger partial charge is 0.129 e. The molecular weight excluding hydrogens is 256 g/mol. The van der Waals surface area contributed by atoms with Crippen LogP contribution in [0.15, 0.2) is 22.8 Å². The Hall–Kier alpha value is -1.32. The van der Waals surface area contributed by atoms with Gasteiger partial charge < -0.3 is 14.3 Å². The highest BCUT2D eigenvalue weighted by molar-refractivity contribution is 4.96. The van der Waals surface area contributed by atoms with Crippen molar-refractivity contribution in [2.24, 2.45) is 0 Å². The van der Waals surface area contributed by atoms with Crippen molar-refractivity contribution in [3.8, 4) is 12.3 Å². The molecule has 1 N–H and O–H groups in total. The number of furan rings is 1. The quantitative estimate of drug-likeness (QED) is 0.732. The summed E-state index contributed by atoms with van der Waals surface area (Å²) < 4.78 is 10.6. The molecule has 1 aliphatic rings. The Morgan fingerprint density at radius 1 is 1.35 bits per heavy atom. The molecule has 0 bridgehead atoms. The van der Waals surface area contributed by atoms with Crippen molar-refractivity contribution < 1.29 is 14.3 Å². The number of aliphatic hydroxyl groups is 1. The van der Waals surface area contributed by atoms with Crippen LogP contribution in [0.4, 0.5) is 0 Å². The van der Waals surface area contributed by atoms with Crippen molar-refractivity contribution in [2.45, 2.75) is 12.7 Å². The Bertz CT molecular complexity index is 405. The minimum absolute atomic E-state index is 0.325. The fraction of sp³-hybridized carbons (Fsp3) is 0.600. The van der Waals surface area contributed by atoms with Gasteiger partial charge in [0, 0.05) is 32.7 Å². The molecule has 1 aromatic rings. The highest BCUT2D eigenvalue weighted by Gasteiger charge is 2.18. The zero-order valence-corrected chi connectivity index (χ0v) is 11.7.